The number of Topliss-reactive ketones (excluding diaryl/α,β-unsaturated/α-hetero) is 1. The van der Waals surface area contributed by atoms with Crippen LogP contribution in [0.4, 0.5) is 0 Å². The van der Waals surface area contributed by atoms with Crippen LogP contribution in [0.5, 0.6) is 5.75 Å². The van der Waals surface area contributed by atoms with E-state index in [2.05, 4.69) is 0 Å². The third-order valence-corrected chi connectivity index (χ3v) is 3.53. The normalized spacial score (nSPS) is 10.3. The zero-order valence-corrected chi connectivity index (χ0v) is 8.94. The molecule has 1 rings (SSSR count). The number of hydrogen-bond acceptors (Lipinski definition) is 4. The summed E-state index contributed by atoms with van der Waals surface area (Å²) in [5.74, 6) is -0.706. The van der Waals surface area contributed by atoms with Crippen LogP contribution in [0.3, 0.4) is 0 Å². The fraction of sp³-hybridized carbons (Fsp3) is 0.125. The molecule has 0 spiro atoms. The molecule has 13 heavy (non-hydrogen) atoms. The first-order valence-corrected chi connectivity index (χ1v) is 6.26. The number of carbonyl (C=O) groups excluding carboxylic acids is 1. The van der Waals surface area contributed by atoms with Gasteiger partial charge >= 0.3 is 19.8 Å². The third kappa shape index (κ3) is 2.03. The molecular formula is C8H7IO4. The summed E-state index contributed by atoms with van der Waals surface area (Å²) in [5.41, 5.74) is 0.0650. The number of rotatable bonds is 2. The van der Waals surface area contributed by atoms with E-state index < -0.39 is 19.8 Å². The molecule has 5 heteroatoms. The fourth-order valence-electron chi connectivity index (χ4n) is 0.954. The average molecular weight is 294 g/mol. The number of halogens is 1. The van der Waals surface area contributed by atoms with Crippen molar-refractivity contribution in [1.82, 2.24) is 0 Å². The summed E-state index contributed by atoms with van der Waals surface area (Å²) in [6.45, 7) is 1.26. The van der Waals surface area contributed by atoms with E-state index in [-0.39, 0.29) is 20.7 Å². The second kappa shape index (κ2) is 3.82. The Morgan fingerprint density at radius 2 is 2.00 bits per heavy atom. The molecule has 0 aliphatic rings. The molecule has 0 saturated heterocycles. The van der Waals surface area contributed by atoms with Gasteiger partial charge in [-0.2, -0.15) is 0 Å². The Labute approximate surface area is 81.7 Å². The average Bonchev–Trinajstić information content (AvgIpc) is 2.02. The number of benzene rings is 1. The zero-order valence-electron chi connectivity index (χ0n) is 6.78. The Bertz CT molecular complexity index is 412. The van der Waals surface area contributed by atoms with Crippen LogP contribution < -0.4 is 0 Å². The molecule has 0 fully saturated rings. The Balaban J connectivity index is 3.52. The molecule has 1 aromatic rings. The lowest BCUT2D eigenvalue weighted by Gasteiger charge is -2.00. The van der Waals surface area contributed by atoms with Crippen LogP contribution in [-0.4, -0.2) is 10.9 Å². The summed E-state index contributed by atoms with van der Waals surface area (Å²) in [6, 6.07) is 4.08. The first-order chi connectivity index (χ1) is 6.04. The van der Waals surface area contributed by atoms with Crippen LogP contribution in [0.1, 0.15) is 17.3 Å². The molecule has 0 saturated carbocycles. The van der Waals surface area contributed by atoms with Crippen molar-refractivity contribution in [1.29, 1.82) is 0 Å². The lowest BCUT2D eigenvalue weighted by Crippen LogP contribution is -1.96. The summed E-state index contributed by atoms with van der Waals surface area (Å²) in [4.78, 5) is 11.0. The van der Waals surface area contributed by atoms with Gasteiger partial charge in [0.1, 0.15) is 9.32 Å². The molecular weight excluding hydrogens is 287 g/mol. The van der Waals surface area contributed by atoms with Crippen molar-refractivity contribution < 1.29 is 16.0 Å². The van der Waals surface area contributed by atoms with E-state index in [0.29, 0.717) is 0 Å². The van der Waals surface area contributed by atoms with Crippen LogP contribution in [-0.2, 0) is 6.14 Å². The minimum absolute atomic E-state index is 0.0650. The van der Waals surface area contributed by atoms with E-state index in [1.165, 1.54) is 25.1 Å². The van der Waals surface area contributed by atoms with E-state index in [9.17, 15) is 16.0 Å². The van der Waals surface area contributed by atoms with E-state index >= 15 is 0 Å². The van der Waals surface area contributed by atoms with Crippen molar-refractivity contribution in [3.8, 4) is 5.75 Å². The van der Waals surface area contributed by atoms with Crippen molar-refractivity contribution >= 4 is 25.6 Å². The Kier molecular flexibility index (Phi) is 2.97. The summed E-state index contributed by atoms with van der Waals surface area (Å²) < 4.78 is 21.3. The SMILES string of the molecule is CC(=O)c1cccc(O)c1I(=O)=O. The molecule has 0 radical (unpaired) electrons. The summed E-state index contributed by atoms with van der Waals surface area (Å²) in [6.07, 6.45) is 0. The molecule has 0 aromatic heterocycles. The van der Waals surface area contributed by atoms with Crippen LogP contribution in [0.2, 0.25) is 0 Å². The smallest absolute Gasteiger partial charge is 0.345 e. The lowest BCUT2D eigenvalue weighted by atomic mass is 10.1. The van der Waals surface area contributed by atoms with Crippen LogP contribution in [0.25, 0.3) is 0 Å². The van der Waals surface area contributed by atoms with Crippen molar-refractivity contribution in [2.75, 3.05) is 0 Å². The number of aromatic hydroxyl groups is 1. The van der Waals surface area contributed by atoms with Gasteiger partial charge in [-0.15, -0.1) is 0 Å². The van der Waals surface area contributed by atoms with Gasteiger partial charge in [-0.05, 0) is 19.1 Å². The van der Waals surface area contributed by atoms with Crippen molar-refractivity contribution in [3.05, 3.63) is 27.3 Å². The maximum absolute atomic E-state index is 11.0. The summed E-state index contributed by atoms with van der Waals surface area (Å²) in [5, 5.41) is 9.20. The predicted octanol–water partition coefficient (Wildman–Crippen LogP) is 1.96. The van der Waals surface area contributed by atoms with Gasteiger partial charge < -0.3 is 5.11 Å². The molecule has 1 N–H and O–H groups in total. The van der Waals surface area contributed by atoms with Gasteiger partial charge in [0.05, 0.1) is 0 Å². The molecule has 0 aliphatic carbocycles. The van der Waals surface area contributed by atoms with E-state index in [0.717, 1.165) is 0 Å². The highest BCUT2D eigenvalue weighted by Crippen LogP contribution is 2.30. The Hall–Kier alpha value is -0.980. The number of hydrogen-bond donors (Lipinski definition) is 1. The highest BCUT2D eigenvalue weighted by Gasteiger charge is 2.15. The predicted molar refractivity (Wildman–Crippen MR) is 52.2 cm³/mol. The van der Waals surface area contributed by atoms with Gasteiger partial charge in [-0.25, -0.2) is 6.14 Å². The zero-order chi connectivity index (χ0) is 10.0. The Morgan fingerprint density at radius 3 is 2.38 bits per heavy atom. The summed E-state index contributed by atoms with van der Waals surface area (Å²) >= 11 is -3.80. The molecule has 0 aliphatic heterocycles. The van der Waals surface area contributed by atoms with Gasteiger partial charge in [0.25, 0.3) is 0 Å². The minimum atomic E-state index is -3.80. The number of phenolic OH excluding ortho intramolecular Hbond substituents is 1. The number of carbonyl (C=O) groups is 1. The van der Waals surface area contributed by atoms with E-state index in [4.69, 9.17) is 0 Å². The van der Waals surface area contributed by atoms with Crippen molar-refractivity contribution in [2.45, 2.75) is 6.92 Å². The molecule has 1 aromatic carbocycles. The first kappa shape index (κ1) is 10.1. The fourth-order valence-corrected chi connectivity index (χ4v) is 2.62. The van der Waals surface area contributed by atoms with Gasteiger partial charge in [0.15, 0.2) is 5.78 Å². The molecule has 0 amide bonds. The standard InChI is InChI=1S/C8H7IO4/c1-5(10)6-3-2-4-7(11)8(6)9(12)13/h2-4,11H,1H3. The van der Waals surface area contributed by atoms with Gasteiger partial charge in [0, 0.05) is 5.56 Å². The van der Waals surface area contributed by atoms with E-state index in [1.807, 2.05) is 0 Å². The second-order valence-corrected chi connectivity index (χ2v) is 4.73. The summed E-state index contributed by atoms with van der Waals surface area (Å²) in [7, 11) is 0. The quantitative estimate of drug-likeness (QED) is 0.668. The highest BCUT2D eigenvalue weighted by atomic mass is 127. The Morgan fingerprint density at radius 1 is 1.38 bits per heavy atom. The minimum Gasteiger partial charge on any atom is -0.507 e. The first-order valence-electron chi connectivity index (χ1n) is 3.42. The van der Waals surface area contributed by atoms with Crippen LogP contribution in [0.15, 0.2) is 18.2 Å². The molecule has 4 nitrogen and oxygen atoms in total. The van der Waals surface area contributed by atoms with Gasteiger partial charge in [-0.1, -0.05) is 6.07 Å². The van der Waals surface area contributed by atoms with Crippen LogP contribution >= 0.6 is 19.8 Å². The third-order valence-electron chi connectivity index (χ3n) is 1.51. The monoisotopic (exact) mass is 294 g/mol. The maximum atomic E-state index is 11.0. The molecule has 0 bridgehead atoms. The largest absolute Gasteiger partial charge is 0.507 e. The maximum Gasteiger partial charge on any atom is 0.345 e. The molecule has 0 atom stereocenters. The van der Waals surface area contributed by atoms with Crippen molar-refractivity contribution in [2.24, 2.45) is 0 Å². The number of ketones is 1. The number of phenols is 1. The van der Waals surface area contributed by atoms with Crippen molar-refractivity contribution in [3.63, 3.8) is 0 Å². The molecule has 70 valence electrons. The second-order valence-electron chi connectivity index (χ2n) is 2.41. The molecule has 0 heterocycles. The lowest BCUT2D eigenvalue weighted by molar-refractivity contribution is 0.101. The van der Waals surface area contributed by atoms with Gasteiger partial charge in [0.2, 0.25) is 0 Å². The molecule has 0 unspecified atom stereocenters. The topological polar surface area (TPSA) is 71.4 Å². The van der Waals surface area contributed by atoms with Crippen LogP contribution in [0, 0.1) is 3.57 Å². The van der Waals surface area contributed by atoms with Gasteiger partial charge in [-0.3, -0.25) is 4.79 Å². The highest BCUT2D eigenvalue weighted by molar-refractivity contribution is 14.2. The van der Waals surface area contributed by atoms with E-state index in [1.54, 1.807) is 0 Å².